The molecule has 7 nitrogen and oxygen atoms in total. The summed E-state index contributed by atoms with van der Waals surface area (Å²) in [6.45, 7) is 14.4. The maximum atomic E-state index is 11.7. The molecule has 2 aromatic rings. The van der Waals surface area contributed by atoms with Crippen LogP contribution in [-0.2, 0) is 0 Å². The number of carbonyl (C=O) groups is 2. The SMILES string of the molecule is CC#N.CC(=O)c1c(C)cc(OCC(C)O)cc1C.Cc1cc(OCC(C)O)cc(C)c1C(=O)CBr. The summed E-state index contributed by atoms with van der Waals surface area (Å²) < 4.78 is 10.8. The fourth-order valence-electron chi connectivity index (χ4n) is 3.51. The van der Waals surface area contributed by atoms with E-state index in [-0.39, 0.29) is 24.8 Å². The lowest BCUT2D eigenvalue weighted by molar-refractivity contribution is 0.101. The molecule has 2 N–H and O–H groups in total. The Labute approximate surface area is 223 Å². The summed E-state index contributed by atoms with van der Waals surface area (Å²) in [5, 5.41) is 25.9. The second-order valence-corrected chi connectivity index (χ2v) is 9.08. The highest BCUT2D eigenvalue weighted by Crippen LogP contribution is 2.24. The van der Waals surface area contributed by atoms with Crippen LogP contribution in [0.15, 0.2) is 24.3 Å². The third kappa shape index (κ3) is 11.8. The quantitative estimate of drug-likeness (QED) is 0.308. The number of aryl methyl sites for hydroxylation is 4. The molecule has 0 aromatic heterocycles. The molecule has 2 aromatic carbocycles. The number of ether oxygens (including phenoxy) is 2. The zero-order chi connectivity index (χ0) is 28.0. The van der Waals surface area contributed by atoms with E-state index in [1.165, 1.54) is 6.92 Å². The molecule has 2 unspecified atom stereocenters. The van der Waals surface area contributed by atoms with Gasteiger partial charge in [-0.15, -0.1) is 0 Å². The second kappa shape index (κ2) is 16.9. The van der Waals surface area contributed by atoms with Crippen molar-refractivity contribution in [2.45, 2.75) is 67.6 Å². The van der Waals surface area contributed by atoms with E-state index in [9.17, 15) is 9.59 Å². The normalized spacial score (nSPS) is 11.5. The van der Waals surface area contributed by atoms with Crippen molar-refractivity contribution < 1.29 is 29.3 Å². The van der Waals surface area contributed by atoms with Crippen LogP contribution < -0.4 is 9.47 Å². The number of hydrogen-bond acceptors (Lipinski definition) is 7. The van der Waals surface area contributed by atoms with Crippen molar-refractivity contribution in [3.63, 3.8) is 0 Å². The van der Waals surface area contributed by atoms with Crippen LogP contribution in [0.3, 0.4) is 0 Å². The third-order valence-corrected chi connectivity index (χ3v) is 5.26. The number of nitriles is 1. The van der Waals surface area contributed by atoms with E-state index in [1.54, 1.807) is 26.8 Å². The van der Waals surface area contributed by atoms with E-state index in [4.69, 9.17) is 24.9 Å². The number of aliphatic hydroxyl groups excluding tert-OH is 2. The molecule has 0 aliphatic carbocycles. The number of carbonyl (C=O) groups excluding carboxylic acids is 2. The Balaban J connectivity index is 0.000000614. The Hall–Kier alpha value is -2.73. The average molecular weight is 565 g/mol. The summed E-state index contributed by atoms with van der Waals surface area (Å²) in [5.41, 5.74) is 5.11. The van der Waals surface area contributed by atoms with Gasteiger partial charge in [0.2, 0.25) is 0 Å². The predicted molar refractivity (Wildman–Crippen MR) is 146 cm³/mol. The highest BCUT2D eigenvalue weighted by atomic mass is 79.9. The van der Waals surface area contributed by atoms with Gasteiger partial charge in [0.25, 0.3) is 0 Å². The Morgan fingerprint density at radius 3 is 1.42 bits per heavy atom. The van der Waals surface area contributed by atoms with E-state index >= 15 is 0 Å². The maximum absolute atomic E-state index is 11.7. The summed E-state index contributed by atoms with van der Waals surface area (Å²) in [6.07, 6.45) is -0.993. The minimum Gasteiger partial charge on any atom is -0.491 e. The Kier molecular flexibility index (Phi) is 15.6. The predicted octanol–water partition coefficient (Wildman–Crippen LogP) is 5.44. The highest BCUT2D eigenvalue weighted by molar-refractivity contribution is 9.09. The van der Waals surface area contributed by atoms with Crippen molar-refractivity contribution in [1.29, 1.82) is 5.26 Å². The molecule has 0 aliphatic heterocycles. The first-order valence-electron chi connectivity index (χ1n) is 11.5. The molecule has 0 fully saturated rings. The fraction of sp³-hybridized carbons (Fsp3) is 0.464. The largest absolute Gasteiger partial charge is 0.491 e. The second-order valence-electron chi connectivity index (χ2n) is 8.52. The summed E-state index contributed by atoms with van der Waals surface area (Å²) >= 11 is 3.17. The number of rotatable bonds is 9. The number of ketones is 2. The lowest BCUT2D eigenvalue weighted by Crippen LogP contribution is -2.13. The summed E-state index contributed by atoms with van der Waals surface area (Å²) in [5.74, 6) is 1.52. The molecule has 0 saturated heterocycles. The summed E-state index contributed by atoms with van der Waals surface area (Å²) in [4.78, 5) is 23.1. The number of alkyl halides is 1. The van der Waals surface area contributed by atoms with Gasteiger partial charge in [0.05, 0.1) is 23.6 Å². The molecule has 2 atom stereocenters. The molecule has 36 heavy (non-hydrogen) atoms. The number of hydrogen-bond donors (Lipinski definition) is 2. The number of halogens is 1. The van der Waals surface area contributed by atoms with Gasteiger partial charge in [-0.05, 0) is 95.0 Å². The van der Waals surface area contributed by atoms with Crippen molar-refractivity contribution in [2.24, 2.45) is 0 Å². The molecule has 198 valence electrons. The van der Waals surface area contributed by atoms with Crippen LogP contribution in [0.25, 0.3) is 0 Å². The van der Waals surface area contributed by atoms with Crippen LogP contribution in [0.5, 0.6) is 11.5 Å². The smallest absolute Gasteiger partial charge is 0.173 e. The van der Waals surface area contributed by atoms with Crippen LogP contribution in [0.2, 0.25) is 0 Å². The lowest BCUT2D eigenvalue weighted by atomic mass is 9.99. The minimum absolute atomic E-state index is 0.0667. The molecule has 0 spiro atoms. The molecule has 0 radical (unpaired) electrons. The van der Waals surface area contributed by atoms with Gasteiger partial charge in [-0.2, -0.15) is 5.26 Å². The van der Waals surface area contributed by atoms with E-state index in [1.807, 2.05) is 52.0 Å². The van der Waals surface area contributed by atoms with Crippen LogP contribution in [0.4, 0.5) is 0 Å². The molecular weight excluding hydrogens is 526 g/mol. The Morgan fingerprint density at radius 1 is 0.861 bits per heavy atom. The van der Waals surface area contributed by atoms with Gasteiger partial charge < -0.3 is 19.7 Å². The van der Waals surface area contributed by atoms with Crippen molar-refractivity contribution >= 4 is 27.5 Å². The van der Waals surface area contributed by atoms with E-state index < -0.39 is 12.2 Å². The molecule has 0 saturated carbocycles. The zero-order valence-corrected chi connectivity index (χ0v) is 24.0. The third-order valence-electron chi connectivity index (χ3n) is 4.75. The monoisotopic (exact) mass is 563 g/mol. The molecule has 0 amide bonds. The van der Waals surface area contributed by atoms with Crippen molar-refractivity contribution in [3.8, 4) is 17.6 Å². The first-order valence-corrected chi connectivity index (χ1v) is 12.7. The van der Waals surface area contributed by atoms with E-state index in [0.29, 0.717) is 16.8 Å². The number of nitrogens with zero attached hydrogens (tertiary/aromatic N) is 1. The van der Waals surface area contributed by atoms with E-state index in [0.717, 1.165) is 33.4 Å². The molecule has 8 heteroatoms. The van der Waals surface area contributed by atoms with Crippen molar-refractivity contribution in [2.75, 3.05) is 18.5 Å². The Bertz CT molecular complexity index is 1010. The van der Waals surface area contributed by atoms with Crippen molar-refractivity contribution in [3.05, 3.63) is 57.6 Å². The van der Waals surface area contributed by atoms with Crippen LogP contribution in [0.1, 0.15) is 70.7 Å². The standard InChI is InChI=1S/C13H17BrO3.C13H18O3.C2H3N/c1-8-4-11(17-7-10(3)15)5-9(2)13(8)12(16)6-14;1-8-5-12(16-7-10(3)14)6-9(2)13(8)11(4)15;1-2-3/h4-5,10,15H,6-7H2,1-3H3;5-6,10,14H,7H2,1-4H3;1H3. The van der Waals surface area contributed by atoms with E-state index in [2.05, 4.69) is 15.9 Å². The van der Waals surface area contributed by atoms with Gasteiger partial charge in [-0.25, -0.2) is 0 Å². The van der Waals surface area contributed by atoms with Gasteiger partial charge in [-0.1, -0.05) is 15.9 Å². The summed E-state index contributed by atoms with van der Waals surface area (Å²) in [6, 6.07) is 9.05. The Morgan fingerprint density at radius 2 is 1.17 bits per heavy atom. The summed E-state index contributed by atoms with van der Waals surface area (Å²) in [7, 11) is 0. The first-order chi connectivity index (χ1) is 16.8. The number of benzene rings is 2. The van der Waals surface area contributed by atoms with Crippen LogP contribution in [-0.4, -0.2) is 52.5 Å². The lowest BCUT2D eigenvalue weighted by Gasteiger charge is -2.13. The van der Waals surface area contributed by atoms with Gasteiger partial charge in [0.1, 0.15) is 24.7 Å². The van der Waals surface area contributed by atoms with Gasteiger partial charge in [0.15, 0.2) is 11.6 Å². The molecule has 0 heterocycles. The van der Waals surface area contributed by atoms with Gasteiger partial charge in [-0.3, -0.25) is 9.59 Å². The first kappa shape index (κ1) is 33.3. The van der Waals surface area contributed by atoms with Crippen LogP contribution >= 0.6 is 15.9 Å². The molecule has 0 bridgehead atoms. The van der Waals surface area contributed by atoms with Crippen LogP contribution in [0, 0.1) is 39.0 Å². The zero-order valence-electron chi connectivity index (χ0n) is 22.4. The molecule has 0 aliphatic rings. The highest BCUT2D eigenvalue weighted by Gasteiger charge is 2.13. The fourth-order valence-corrected chi connectivity index (χ4v) is 3.79. The average Bonchev–Trinajstić information content (AvgIpc) is 2.76. The maximum Gasteiger partial charge on any atom is 0.173 e. The topological polar surface area (TPSA) is 117 Å². The number of aliphatic hydroxyl groups is 2. The number of Topliss-reactive ketones (excluding diaryl/α,β-unsaturated/α-hetero) is 2. The van der Waals surface area contributed by atoms with Gasteiger partial charge >= 0.3 is 0 Å². The molecular formula is C28H38BrNO6. The van der Waals surface area contributed by atoms with Gasteiger partial charge in [0, 0.05) is 18.1 Å². The van der Waals surface area contributed by atoms with Crippen molar-refractivity contribution in [1.82, 2.24) is 0 Å². The minimum atomic E-state index is -0.500. The molecule has 2 rings (SSSR count).